The lowest BCUT2D eigenvalue weighted by Gasteiger charge is -2.25. The van der Waals surface area contributed by atoms with E-state index in [9.17, 15) is 66.0 Å². The van der Waals surface area contributed by atoms with Crippen LogP contribution in [0, 0.1) is 18.8 Å². The van der Waals surface area contributed by atoms with Gasteiger partial charge in [-0.25, -0.2) is 4.98 Å². The summed E-state index contributed by atoms with van der Waals surface area (Å²) in [6.07, 6.45) is 12.0. The molecule has 10 N–H and O–H groups in total. The average molecular weight is 1340 g/mol. The van der Waals surface area contributed by atoms with Crippen LogP contribution in [0.5, 0.6) is 0 Å². The molecule has 7 amide bonds. The molecule has 0 bridgehead atoms. The number of carbonyl (C=O) groups is 10. The number of amides is 7. The lowest BCUT2D eigenvalue weighted by atomic mass is 9.81. The maximum absolute atomic E-state index is 13.7. The number of benzene rings is 2. The van der Waals surface area contributed by atoms with Crippen LogP contribution in [0.2, 0.25) is 0 Å². The molecular weight excluding hydrogens is 1250 g/mol. The minimum Gasteiger partial charge on any atom is -0.481 e. The Morgan fingerprint density at radius 1 is 0.894 bits per heavy atom. The first-order valence-electron chi connectivity index (χ1n) is 31.4. The van der Waals surface area contributed by atoms with Crippen molar-refractivity contribution in [1.29, 1.82) is 0 Å². The van der Waals surface area contributed by atoms with E-state index in [0.717, 1.165) is 40.2 Å². The third-order valence-corrected chi connectivity index (χ3v) is 19.1. The zero-order chi connectivity index (χ0) is 69.2. The number of hydrogen-bond acceptors (Lipinski definition) is 17. The minimum atomic E-state index is -4.47. The number of rotatable bonds is 38. The lowest BCUT2D eigenvalue weighted by molar-refractivity contribution is -0.438. The smallest absolute Gasteiger partial charge is 0.303 e. The van der Waals surface area contributed by atoms with Crippen LogP contribution in [-0.2, 0) is 80.1 Å². The van der Waals surface area contributed by atoms with Gasteiger partial charge in [0.1, 0.15) is 25.0 Å². The van der Waals surface area contributed by atoms with Crippen molar-refractivity contribution < 1.29 is 80.4 Å². The molecule has 0 saturated carbocycles. The molecule has 1 fully saturated rings. The fourth-order valence-electron chi connectivity index (χ4n) is 11.8. The number of unbranched alkanes of at least 4 members (excludes halogenated alkanes) is 2. The third kappa shape index (κ3) is 20.2. The molecule has 6 atom stereocenters. The number of nitrogens with zero attached hydrogens (tertiary/aromatic N) is 4. The number of nitrogens with two attached hydrogens (primary N) is 1. The van der Waals surface area contributed by atoms with Crippen molar-refractivity contribution in [2.45, 2.75) is 159 Å². The molecule has 3 aromatic rings. The molecule has 28 heteroatoms. The number of ether oxygens (including phenoxy) is 1. The number of imide groups is 1. The number of aliphatic hydroxyl groups excluding tert-OH is 1. The highest BCUT2D eigenvalue weighted by atomic mass is 32.2. The van der Waals surface area contributed by atoms with Crippen LogP contribution in [0.1, 0.15) is 129 Å². The number of ketones is 2. The number of hydrogen-bond donors (Lipinski definition) is 9. The van der Waals surface area contributed by atoms with Crippen molar-refractivity contribution in [3.63, 3.8) is 0 Å². The largest absolute Gasteiger partial charge is 0.481 e. The van der Waals surface area contributed by atoms with Gasteiger partial charge in [-0.05, 0) is 90.6 Å². The van der Waals surface area contributed by atoms with Gasteiger partial charge in [0.15, 0.2) is 11.5 Å². The van der Waals surface area contributed by atoms with Gasteiger partial charge in [-0.1, -0.05) is 49.8 Å². The number of allylic oxidation sites excluding steroid dienone is 6. The van der Waals surface area contributed by atoms with Crippen LogP contribution < -0.4 is 31.9 Å². The molecule has 3 aliphatic rings. The van der Waals surface area contributed by atoms with Crippen molar-refractivity contribution in [2.24, 2.45) is 17.6 Å². The predicted molar refractivity (Wildman–Crippen MR) is 351 cm³/mol. The number of likely N-dealkylation sites (N-methyl/N-ethyl adjacent to an activating group) is 1. The SMILES string of the molecule is CCN1C(=CC=CC=CC2=[N+](CCCCCC(=O)NCCN3C(=O)CC(SC[C@H](NC(=O)COCCNC(=O)[C@@H](CC(=O)[C@H](Cc4cnc[nH]4)NC(=O)[C@H](CCC(=O)O)CC(C)=O)[C@@H](C)O)C(N)=O)C3=O)c3ccc(S(=O)(=O)O)cc3C2(C)C)C(C)(C)c2cc(C)ccc21. The van der Waals surface area contributed by atoms with E-state index in [1.165, 1.54) is 61.0 Å². The Balaban J connectivity index is 0.917. The van der Waals surface area contributed by atoms with Crippen LogP contribution in [0.25, 0.3) is 0 Å². The normalized spacial score (nSPS) is 17.9. The first-order chi connectivity index (χ1) is 44.3. The second kappa shape index (κ2) is 33.8. The highest BCUT2D eigenvalue weighted by Gasteiger charge is 2.45. The summed E-state index contributed by atoms with van der Waals surface area (Å²) in [6.45, 7) is 15.5. The van der Waals surface area contributed by atoms with Crippen LogP contribution in [0.3, 0.4) is 0 Å². The molecular formula is C66H89N10O16S2+. The first-order valence-corrected chi connectivity index (χ1v) is 33.9. The zero-order valence-corrected chi connectivity index (χ0v) is 56.2. The average Bonchev–Trinajstić information content (AvgIpc) is 1.60. The fraction of sp³-hybridized carbons (Fsp3) is 0.515. The Bertz CT molecular complexity index is 3560. The van der Waals surface area contributed by atoms with Gasteiger partial charge in [0.05, 0.1) is 46.6 Å². The van der Waals surface area contributed by atoms with Crippen molar-refractivity contribution in [3.8, 4) is 0 Å². The highest BCUT2D eigenvalue weighted by Crippen LogP contribution is 2.48. The highest BCUT2D eigenvalue weighted by molar-refractivity contribution is 8.00. The number of H-pyrrole nitrogens is 1. The Hall–Kier alpha value is -8.18. The molecule has 6 rings (SSSR count). The number of aryl methyl sites for hydroxylation is 1. The number of carboxylic acid groups (broad SMARTS) is 1. The predicted octanol–water partition coefficient (Wildman–Crippen LogP) is 3.94. The Morgan fingerprint density at radius 3 is 2.30 bits per heavy atom. The number of carbonyl (C=O) groups excluding carboxylic acids is 9. The van der Waals surface area contributed by atoms with Gasteiger partial charge in [-0.15, -0.1) is 11.8 Å². The number of nitrogens with one attached hydrogen (secondary N) is 5. The van der Waals surface area contributed by atoms with E-state index in [-0.39, 0.29) is 86.1 Å². The maximum atomic E-state index is 13.7. The number of anilines is 1. The molecule has 4 heterocycles. The Kier molecular flexibility index (Phi) is 26.9. The second-order valence-electron chi connectivity index (χ2n) is 24.8. The van der Waals surface area contributed by atoms with Crippen LogP contribution >= 0.6 is 11.8 Å². The summed E-state index contributed by atoms with van der Waals surface area (Å²) in [4.78, 5) is 138. The van der Waals surface area contributed by atoms with E-state index in [2.05, 4.69) is 92.7 Å². The number of likely N-dealkylation sites (tertiary alicyclic amines) is 1. The molecule has 0 spiro atoms. The van der Waals surface area contributed by atoms with Crippen molar-refractivity contribution >= 4 is 97.9 Å². The van der Waals surface area contributed by atoms with Gasteiger partial charge in [-0.2, -0.15) is 13.0 Å². The molecule has 1 aromatic heterocycles. The van der Waals surface area contributed by atoms with Gasteiger partial charge < -0.3 is 56.6 Å². The number of primary amides is 1. The zero-order valence-electron chi connectivity index (χ0n) is 54.5. The van der Waals surface area contributed by atoms with E-state index in [4.69, 9.17) is 15.6 Å². The number of aliphatic carboxylic acids is 1. The lowest BCUT2D eigenvalue weighted by Crippen LogP contribution is -2.48. The number of carboxylic acids is 1. The fourth-order valence-corrected chi connectivity index (χ4v) is 13.5. The summed E-state index contributed by atoms with van der Waals surface area (Å²) in [5.74, 6) is -9.17. The molecule has 0 aliphatic carbocycles. The summed E-state index contributed by atoms with van der Waals surface area (Å²) in [7, 11) is -4.47. The van der Waals surface area contributed by atoms with Gasteiger partial charge in [0, 0.05) is 129 Å². The summed E-state index contributed by atoms with van der Waals surface area (Å²) in [5.41, 5.74) is 12.6. The van der Waals surface area contributed by atoms with Crippen molar-refractivity contribution in [3.05, 3.63) is 107 Å². The topological polar surface area (TPSA) is 387 Å². The number of thioether (sulfide) groups is 1. The Labute approximate surface area is 552 Å². The molecule has 510 valence electrons. The summed E-state index contributed by atoms with van der Waals surface area (Å²) >= 11 is 0.951. The summed E-state index contributed by atoms with van der Waals surface area (Å²) < 4.78 is 41.9. The van der Waals surface area contributed by atoms with Gasteiger partial charge in [-0.3, -0.25) is 52.6 Å². The number of fused-ring (bicyclic) bond motifs is 2. The number of aliphatic hydroxyl groups is 1. The standard InChI is InChI=1S/C66H88N10O16S2/c1-9-74-51-22-19-40(2)30-47(51)65(5,6)55(74)16-12-10-13-17-56-66(7,8)48-33-45(94(89,90)91)21-23-52(48)75(56)27-15-11-14-18-57(80)69-25-28-76-59(82)35-54(64(76)88)93-38-50(61(67)85)72-58(81)37-92-29-26-70-63(87)46(42(4)78)34-53(79)49(32-44-36-68-39-71-44)73-62(86)43(31-41(3)77)20-24-60(83)84/h10,12-13,16-17,19,21-23,30,33,36,39,42-43,46,49-50,54,78H,9,11,14-15,18,20,24-29,31-32,34-35,37-38H2,1-8H3,(H8-,67,68,69,70,71,72,73,80,81,83,84,85,86,87,89,90,91)/p+1/t42-,43-,46+,49+,50+,54?/m1/s1. The molecule has 2 aromatic carbocycles. The second-order valence-corrected chi connectivity index (χ2v) is 27.5. The molecule has 1 saturated heterocycles. The number of Topliss-reactive ketones (excluding diaryl/α,β-unsaturated/α-hetero) is 2. The van der Waals surface area contributed by atoms with E-state index in [1.807, 2.05) is 38.2 Å². The number of imidazole rings is 1. The number of aromatic amines is 1. The molecule has 1 unspecified atom stereocenters. The van der Waals surface area contributed by atoms with E-state index >= 15 is 0 Å². The van der Waals surface area contributed by atoms with Crippen LogP contribution in [-0.4, -0.2) is 182 Å². The molecule has 26 nitrogen and oxygen atoms in total. The van der Waals surface area contributed by atoms with Crippen LogP contribution in [0.15, 0.2) is 89.9 Å². The van der Waals surface area contributed by atoms with Crippen molar-refractivity contribution in [1.82, 2.24) is 36.1 Å². The first kappa shape index (κ1) is 74.9. The molecule has 0 radical (unpaired) electrons. The monoisotopic (exact) mass is 1340 g/mol. The Morgan fingerprint density at radius 2 is 1.64 bits per heavy atom. The van der Waals surface area contributed by atoms with E-state index < -0.39 is 117 Å². The van der Waals surface area contributed by atoms with E-state index in [0.29, 0.717) is 31.5 Å². The van der Waals surface area contributed by atoms with E-state index in [1.54, 1.807) is 6.07 Å². The maximum Gasteiger partial charge on any atom is 0.303 e. The molecule has 94 heavy (non-hydrogen) atoms. The van der Waals surface area contributed by atoms with Crippen LogP contribution in [0.4, 0.5) is 11.4 Å². The third-order valence-electron chi connectivity index (χ3n) is 17.0. The minimum absolute atomic E-state index is 0.00115. The van der Waals surface area contributed by atoms with Gasteiger partial charge >= 0.3 is 5.97 Å². The summed E-state index contributed by atoms with van der Waals surface area (Å²) in [6, 6.07) is 8.64. The quantitative estimate of drug-likeness (QED) is 0.0129. The van der Waals surface area contributed by atoms with Crippen molar-refractivity contribution in [2.75, 3.05) is 56.6 Å². The van der Waals surface area contributed by atoms with Gasteiger partial charge in [0.25, 0.3) is 10.1 Å². The molecule has 3 aliphatic heterocycles. The number of aromatic nitrogens is 2. The van der Waals surface area contributed by atoms with Gasteiger partial charge in [0.2, 0.25) is 47.0 Å². The summed E-state index contributed by atoms with van der Waals surface area (Å²) in [5, 5.41) is 29.1.